The van der Waals surface area contributed by atoms with Gasteiger partial charge in [-0.05, 0) is 39.5 Å². The van der Waals surface area contributed by atoms with E-state index in [9.17, 15) is 14.4 Å². The summed E-state index contributed by atoms with van der Waals surface area (Å²) in [6, 6.07) is -0.729. The lowest BCUT2D eigenvalue weighted by atomic mass is 10.0. The van der Waals surface area contributed by atoms with Crippen LogP contribution in [0.15, 0.2) is 0 Å². The van der Waals surface area contributed by atoms with Crippen molar-refractivity contribution in [3.8, 4) is 0 Å². The van der Waals surface area contributed by atoms with Gasteiger partial charge >= 0.3 is 6.09 Å². The molecule has 24 heavy (non-hydrogen) atoms. The highest BCUT2D eigenvalue weighted by atomic mass is 16.6. The highest BCUT2D eigenvalue weighted by Crippen LogP contribution is 2.14. The smallest absolute Gasteiger partial charge is 0.429 e. The third-order valence-corrected chi connectivity index (χ3v) is 3.49. The molecule has 0 saturated carbocycles. The molecule has 2 atom stereocenters. The number of carbonyl (C=O) groups excluding carboxylic acids is 3. The SMILES string of the molecule is CC(C)C[C@H](N)C(=O)NN(C[C@@H]1CCNC1=O)C(=O)OC(C)(C)C. The summed E-state index contributed by atoms with van der Waals surface area (Å²) in [6.07, 6.45) is 0.400. The van der Waals surface area contributed by atoms with Crippen molar-refractivity contribution in [3.05, 3.63) is 0 Å². The summed E-state index contributed by atoms with van der Waals surface area (Å²) >= 11 is 0. The second-order valence-corrected chi connectivity index (χ2v) is 7.58. The minimum absolute atomic E-state index is 0.0564. The molecule has 1 aliphatic heterocycles. The lowest BCUT2D eigenvalue weighted by Gasteiger charge is -2.29. The number of carbonyl (C=O) groups is 3. The maximum atomic E-state index is 12.4. The maximum absolute atomic E-state index is 12.4. The summed E-state index contributed by atoms with van der Waals surface area (Å²) in [6.45, 7) is 9.74. The quantitative estimate of drug-likeness (QED) is 0.638. The molecular formula is C16H30N4O4. The van der Waals surface area contributed by atoms with E-state index in [1.807, 2.05) is 13.8 Å². The van der Waals surface area contributed by atoms with Gasteiger partial charge in [0.05, 0.1) is 18.5 Å². The third-order valence-electron chi connectivity index (χ3n) is 3.49. The van der Waals surface area contributed by atoms with Crippen LogP contribution in [-0.2, 0) is 14.3 Å². The Morgan fingerprint density at radius 2 is 2.04 bits per heavy atom. The van der Waals surface area contributed by atoms with Crippen LogP contribution in [0.4, 0.5) is 4.79 Å². The van der Waals surface area contributed by atoms with Crippen molar-refractivity contribution >= 4 is 17.9 Å². The average Bonchev–Trinajstić information content (AvgIpc) is 2.80. The molecule has 1 saturated heterocycles. The van der Waals surface area contributed by atoms with Crippen molar-refractivity contribution in [3.63, 3.8) is 0 Å². The van der Waals surface area contributed by atoms with Gasteiger partial charge < -0.3 is 15.8 Å². The van der Waals surface area contributed by atoms with Gasteiger partial charge in [-0.2, -0.15) is 0 Å². The van der Waals surface area contributed by atoms with Crippen molar-refractivity contribution in [1.29, 1.82) is 0 Å². The number of ether oxygens (including phenoxy) is 1. The van der Waals surface area contributed by atoms with Gasteiger partial charge in [-0.3, -0.25) is 15.0 Å². The first-order chi connectivity index (χ1) is 11.0. The number of hydrazine groups is 1. The first kappa shape index (κ1) is 20.2. The van der Waals surface area contributed by atoms with Crippen LogP contribution in [0.25, 0.3) is 0 Å². The summed E-state index contributed by atoms with van der Waals surface area (Å²) in [5.41, 5.74) is 7.66. The summed E-state index contributed by atoms with van der Waals surface area (Å²) in [5.74, 6) is -0.724. The summed E-state index contributed by atoms with van der Waals surface area (Å²) in [4.78, 5) is 36.3. The van der Waals surface area contributed by atoms with Crippen molar-refractivity contribution in [2.75, 3.05) is 13.1 Å². The maximum Gasteiger partial charge on any atom is 0.429 e. The monoisotopic (exact) mass is 342 g/mol. The zero-order valence-electron chi connectivity index (χ0n) is 15.2. The van der Waals surface area contributed by atoms with Crippen molar-refractivity contribution < 1.29 is 19.1 Å². The second kappa shape index (κ2) is 8.32. The summed E-state index contributed by atoms with van der Waals surface area (Å²) < 4.78 is 5.31. The van der Waals surface area contributed by atoms with Crippen LogP contribution in [0.5, 0.6) is 0 Å². The number of rotatable bonds is 5. The Morgan fingerprint density at radius 1 is 1.42 bits per heavy atom. The summed E-state index contributed by atoms with van der Waals surface area (Å²) in [7, 11) is 0. The fourth-order valence-electron chi connectivity index (χ4n) is 2.35. The molecule has 1 rings (SSSR count). The molecule has 0 bridgehead atoms. The molecule has 0 aromatic heterocycles. The molecule has 1 fully saturated rings. The molecule has 1 heterocycles. The first-order valence-electron chi connectivity index (χ1n) is 8.34. The Balaban J connectivity index is 2.78. The van der Waals surface area contributed by atoms with E-state index in [0.29, 0.717) is 19.4 Å². The first-order valence-corrected chi connectivity index (χ1v) is 8.34. The largest absolute Gasteiger partial charge is 0.442 e. The lowest BCUT2D eigenvalue weighted by molar-refractivity contribution is -0.129. The molecule has 0 radical (unpaired) electrons. The zero-order chi connectivity index (χ0) is 18.5. The summed E-state index contributed by atoms with van der Waals surface area (Å²) in [5, 5.41) is 3.77. The Bertz CT molecular complexity index is 473. The van der Waals surface area contributed by atoms with E-state index >= 15 is 0 Å². The van der Waals surface area contributed by atoms with Gasteiger partial charge in [-0.25, -0.2) is 9.80 Å². The highest BCUT2D eigenvalue weighted by Gasteiger charge is 2.32. The van der Waals surface area contributed by atoms with Crippen LogP contribution in [0, 0.1) is 11.8 Å². The number of nitrogens with two attached hydrogens (primary N) is 1. The Hall–Kier alpha value is -1.83. The van der Waals surface area contributed by atoms with E-state index in [4.69, 9.17) is 10.5 Å². The van der Waals surface area contributed by atoms with E-state index in [1.54, 1.807) is 20.8 Å². The van der Waals surface area contributed by atoms with Crippen LogP contribution >= 0.6 is 0 Å². The van der Waals surface area contributed by atoms with Crippen molar-refractivity contribution in [1.82, 2.24) is 15.8 Å². The molecule has 0 spiro atoms. The Morgan fingerprint density at radius 3 is 2.50 bits per heavy atom. The minimum Gasteiger partial charge on any atom is -0.442 e. The third kappa shape index (κ3) is 6.74. The number of nitrogens with zero attached hydrogens (tertiary/aromatic N) is 1. The van der Waals surface area contributed by atoms with Crippen LogP contribution in [-0.4, -0.2) is 47.6 Å². The van der Waals surface area contributed by atoms with E-state index in [0.717, 1.165) is 5.01 Å². The highest BCUT2D eigenvalue weighted by molar-refractivity contribution is 5.84. The van der Waals surface area contributed by atoms with Crippen LogP contribution in [0.3, 0.4) is 0 Å². The van der Waals surface area contributed by atoms with Crippen LogP contribution in [0.2, 0.25) is 0 Å². The molecule has 1 aliphatic rings. The number of hydrogen-bond donors (Lipinski definition) is 3. The van der Waals surface area contributed by atoms with Crippen molar-refractivity contribution in [2.45, 2.75) is 59.1 Å². The molecule has 8 heteroatoms. The van der Waals surface area contributed by atoms with Gasteiger partial charge in [0.2, 0.25) is 5.91 Å². The molecule has 138 valence electrons. The second-order valence-electron chi connectivity index (χ2n) is 7.58. The molecule has 8 nitrogen and oxygen atoms in total. The Kier molecular flexibility index (Phi) is 7.01. The van der Waals surface area contributed by atoms with Gasteiger partial charge in [0.15, 0.2) is 0 Å². The zero-order valence-corrected chi connectivity index (χ0v) is 15.2. The fraction of sp³-hybridized carbons (Fsp3) is 0.812. The Labute approximate surface area is 143 Å². The molecule has 4 N–H and O–H groups in total. The van der Waals surface area contributed by atoms with Gasteiger partial charge in [-0.15, -0.1) is 0 Å². The predicted octanol–water partition coefficient (Wildman–Crippen LogP) is 0.764. The number of amides is 3. The van der Waals surface area contributed by atoms with E-state index in [1.165, 1.54) is 0 Å². The van der Waals surface area contributed by atoms with E-state index in [2.05, 4.69) is 10.7 Å². The number of hydrogen-bond acceptors (Lipinski definition) is 5. The minimum atomic E-state index is -0.729. The fourth-order valence-corrected chi connectivity index (χ4v) is 2.35. The van der Waals surface area contributed by atoms with Crippen LogP contribution < -0.4 is 16.5 Å². The van der Waals surface area contributed by atoms with Gasteiger partial charge in [0.25, 0.3) is 5.91 Å². The van der Waals surface area contributed by atoms with E-state index in [-0.39, 0.29) is 24.3 Å². The number of nitrogens with one attached hydrogen (secondary N) is 2. The van der Waals surface area contributed by atoms with Gasteiger partial charge in [0, 0.05) is 6.54 Å². The van der Waals surface area contributed by atoms with Gasteiger partial charge in [-0.1, -0.05) is 13.8 Å². The van der Waals surface area contributed by atoms with Gasteiger partial charge in [0.1, 0.15) is 5.60 Å². The predicted molar refractivity (Wildman–Crippen MR) is 89.6 cm³/mol. The molecule has 0 aliphatic carbocycles. The van der Waals surface area contributed by atoms with Crippen molar-refractivity contribution in [2.24, 2.45) is 17.6 Å². The molecule has 3 amide bonds. The normalized spacial score (nSPS) is 19.0. The molecule has 0 aromatic rings. The lowest BCUT2D eigenvalue weighted by Crippen LogP contribution is -2.55. The molecular weight excluding hydrogens is 312 g/mol. The standard InChI is InChI=1S/C16H30N4O4/c1-10(2)8-12(17)14(22)19-20(15(23)24-16(3,4)5)9-11-6-7-18-13(11)21/h10-12H,6-9,17H2,1-5H3,(H,18,21)(H,19,22)/t11-,12-/m0/s1. The average molecular weight is 342 g/mol. The molecule has 0 unspecified atom stereocenters. The topological polar surface area (TPSA) is 114 Å². The molecule has 0 aromatic carbocycles. The van der Waals surface area contributed by atoms with E-state index < -0.39 is 23.6 Å². The van der Waals surface area contributed by atoms with Crippen LogP contribution in [0.1, 0.15) is 47.5 Å².